The highest BCUT2D eigenvalue weighted by Crippen LogP contribution is 2.32. The van der Waals surface area contributed by atoms with Gasteiger partial charge in [0, 0.05) is 22.1 Å². The maximum Gasteiger partial charge on any atom is 0.0349 e. The monoisotopic (exact) mass is 315 g/mol. The number of rotatable bonds is 3. The van der Waals surface area contributed by atoms with Gasteiger partial charge in [-0.05, 0) is 59.0 Å². The smallest absolute Gasteiger partial charge is 0.0349 e. The predicted octanol–water partition coefficient (Wildman–Crippen LogP) is 5.86. The molecule has 4 rings (SSSR count). The number of aromatic nitrogens is 1. The highest BCUT2D eigenvalue weighted by atomic mass is 32.1. The number of hydrogen-bond donors (Lipinski definition) is 0. The molecule has 0 fully saturated rings. The number of pyridine rings is 1. The van der Waals surface area contributed by atoms with Crippen molar-refractivity contribution in [1.82, 2.24) is 4.98 Å². The van der Waals surface area contributed by atoms with Crippen molar-refractivity contribution in [2.75, 3.05) is 0 Å². The summed E-state index contributed by atoms with van der Waals surface area (Å²) in [4.78, 5) is 6.82. The molecule has 0 amide bonds. The van der Waals surface area contributed by atoms with Gasteiger partial charge in [0.25, 0.3) is 0 Å². The van der Waals surface area contributed by atoms with E-state index in [1.54, 1.807) is 0 Å². The Morgan fingerprint density at radius 3 is 2.48 bits per heavy atom. The second-order valence-corrected chi connectivity index (χ2v) is 7.04. The molecular formula is C21H17NS. The van der Waals surface area contributed by atoms with Gasteiger partial charge in [-0.1, -0.05) is 42.5 Å². The average Bonchev–Trinajstić information content (AvgIpc) is 2.96. The SMILES string of the molecule is Cc1sc(-c2ccncc2)cc1Cc1ccc2ccccc2c1. The Hall–Kier alpha value is -2.45. The molecule has 0 aliphatic heterocycles. The molecule has 2 heterocycles. The summed E-state index contributed by atoms with van der Waals surface area (Å²) in [6.45, 7) is 2.21. The number of hydrogen-bond acceptors (Lipinski definition) is 2. The molecule has 0 unspecified atom stereocenters. The molecule has 4 aromatic rings. The number of aryl methyl sites for hydroxylation is 1. The minimum Gasteiger partial charge on any atom is -0.265 e. The van der Waals surface area contributed by atoms with Crippen molar-refractivity contribution < 1.29 is 0 Å². The van der Waals surface area contributed by atoms with Gasteiger partial charge in [-0.15, -0.1) is 11.3 Å². The first-order valence-electron chi connectivity index (χ1n) is 7.77. The first-order chi connectivity index (χ1) is 11.3. The molecule has 0 spiro atoms. The van der Waals surface area contributed by atoms with Crippen LogP contribution in [0.2, 0.25) is 0 Å². The molecule has 0 atom stereocenters. The fourth-order valence-corrected chi connectivity index (χ4v) is 3.97. The zero-order chi connectivity index (χ0) is 15.6. The van der Waals surface area contributed by atoms with Crippen LogP contribution in [0.3, 0.4) is 0 Å². The number of benzene rings is 2. The van der Waals surface area contributed by atoms with Crippen LogP contribution in [-0.2, 0) is 6.42 Å². The van der Waals surface area contributed by atoms with E-state index in [1.165, 1.54) is 37.2 Å². The minimum absolute atomic E-state index is 0.984. The molecule has 0 aliphatic rings. The second-order valence-electron chi connectivity index (χ2n) is 5.79. The zero-order valence-corrected chi connectivity index (χ0v) is 13.8. The third-order valence-corrected chi connectivity index (χ3v) is 5.34. The second kappa shape index (κ2) is 5.98. The van der Waals surface area contributed by atoms with Gasteiger partial charge < -0.3 is 0 Å². The minimum atomic E-state index is 0.984. The molecule has 112 valence electrons. The maximum atomic E-state index is 4.10. The summed E-state index contributed by atoms with van der Waals surface area (Å²) in [7, 11) is 0. The molecule has 2 aromatic carbocycles. The quantitative estimate of drug-likeness (QED) is 0.461. The van der Waals surface area contributed by atoms with Gasteiger partial charge in [0.2, 0.25) is 0 Å². The summed E-state index contributed by atoms with van der Waals surface area (Å²) in [5.41, 5.74) is 4.03. The van der Waals surface area contributed by atoms with E-state index in [1.807, 2.05) is 23.7 Å². The normalized spacial score (nSPS) is 11.0. The Morgan fingerprint density at radius 2 is 1.65 bits per heavy atom. The number of nitrogens with zero attached hydrogens (tertiary/aromatic N) is 1. The summed E-state index contributed by atoms with van der Waals surface area (Å²) in [5, 5.41) is 2.61. The fraction of sp³-hybridized carbons (Fsp3) is 0.0952. The van der Waals surface area contributed by atoms with Gasteiger partial charge in [-0.25, -0.2) is 0 Å². The van der Waals surface area contributed by atoms with Crippen LogP contribution in [0.5, 0.6) is 0 Å². The molecule has 1 nitrogen and oxygen atoms in total. The number of thiophene rings is 1. The summed E-state index contributed by atoms with van der Waals surface area (Å²) < 4.78 is 0. The van der Waals surface area contributed by atoms with Crippen molar-refractivity contribution >= 4 is 22.1 Å². The first kappa shape index (κ1) is 14.2. The molecule has 2 heteroatoms. The Kier molecular flexibility index (Phi) is 3.68. The topological polar surface area (TPSA) is 12.9 Å². The lowest BCUT2D eigenvalue weighted by atomic mass is 10.0. The molecule has 0 radical (unpaired) electrons. The average molecular weight is 315 g/mol. The van der Waals surface area contributed by atoms with Crippen molar-refractivity contribution in [3.8, 4) is 10.4 Å². The first-order valence-corrected chi connectivity index (χ1v) is 8.59. The van der Waals surface area contributed by atoms with Crippen molar-refractivity contribution in [1.29, 1.82) is 0 Å². The van der Waals surface area contributed by atoms with Gasteiger partial charge in [0.1, 0.15) is 0 Å². The molecule has 23 heavy (non-hydrogen) atoms. The Labute approximate surface area is 140 Å². The van der Waals surface area contributed by atoms with Gasteiger partial charge in [0.15, 0.2) is 0 Å². The highest BCUT2D eigenvalue weighted by Gasteiger charge is 2.08. The lowest BCUT2D eigenvalue weighted by molar-refractivity contribution is 1.19. The van der Waals surface area contributed by atoms with Gasteiger partial charge in [-0.3, -0.25) is 4.98 Å². The van der Waals surface area contributed by atoms with E-state index in [4.69, 9.17) is 0 Å². The van der Waals surface area contributed by atoms with Crippen LogP contribution in [0, 0.1) is 6.92 Å². The standard InChI is InChI=1S/C21H17NS/c1-15-20(14-21(23-15)18-8-10-22-11-9-18)13-16-6-7-17-4-2-3-5-19(17)12-16/h2-12,14H,13H2,1H3. The summed E-state index contributed by atoms with van der Waals surface area (Å²) in [5.74, 6) is 0. The van der Waals surface area contributed by atoms with Crippen molar-refractivity contribution in [2.45, 2.75) is 13.3 Å². The van der Waals surface area contributed by atoms with Crippen LogP contribution in [0.15, 0.2) is 73.1 Å². The summed E-state index contributed by atoms with van der Waals surface area (Å²) in [6.07, 6.45) is 4.69. The maximum absolute atomic E-state index is 4.10. The van der Waals surface area contributed by atoms with E-state index >= 15 is 0 Å². The lowest BCUT2D eigenvalue weighted by Gasteiger charge is -2.03. The zero-order valence-electron chi connectivity index (χ0n) is 13.0. The van der Waals surface area contributed by atoms with E-state index < -0.39 is 0 Å². The third kappa shape index (κ3) is 2.90. The van der Waals surface area contributed by atoms with E-state index in [2.05, 4.69) is 72.6 Å². The van der Waals surface area contributed by atoms with Gasteiger partial charge >= 0.3 is 0 Å². The highest BCUT2D eigenvalue weighted by molar-refractivity contribution is 7.15. The fourth-order valence-electron chi connectivity index (χ4n) is 2.92. The van der Waals surface area contributed by atoms with Gasteiger partial charge in [0.05, 0.1) is 0 Å². The van der Waals surface area contributed by atoms with Crippen LogP contribution in [0.25, 0.3) is 21.2 Å². The molecule has 0 N–H and O–H groups in total. The van der Waals surface area contributed by atoms with Crippen molar-refractivity contribution in [2.24, 2.45) is 0 Å². The van der Waals surface area contributed by atoms with Crippen LogP contribution in [0.1, 0.15) is 16.0 Å². The van der Waals surface area contributed by atoms with Gasteiger partial charge in [-0.2, -0.15) is 0 Å². The Morgan fingerprint density at radius 1 is 0.870 bits per heavy atom. The van der Waals surface area contributed by atoms with Crippen molar-refractivity contribution in [3.63, 3.8) is 0 Å². The number of fused-ring (bicyclic) bond motifs is 1. The Bertz CT molecular complexity index is 954. The molecular weight excluding hydrogens is 298 g/mol. The summed E-state index contributed by atoms with van der Waals surface area (Å²) >= 11 is 1.86. The van der Waals surface area contributed by atoms with Crippen LogP contribution in [-0.4, -0.2) is 4.98 Å². The van der Waals surface area contributed by atoms with Crippen LogP contribution >= 0.6 is 11.3 Å². The van der Waals surface area contributed by atoms with Crippen molar-refractivity contribution in [3.05, 3.63) is 89.1 Å². The largest absolute Gasteiger partial charge is 0.265 e. The van der Waals surface area contributed by atoms with E-state index in [9.17, 15) is 0 Å². The predicted molar refractivity (Wildman–Crippen MR) is 99.0 cm³/mol. The van der Waals surface area contributed by atoms with E-state index in [0.29, 0.717) is 0 Å². The molecule has 0 saturated carbocycles. The van der Waals surface area contributed by atoms with Crippen LogP contribution < -0.4 is 0 Å². The molecule has 0 saturated heterocycles. The van der Waals surface area contributed by atoms with Crippen LogP contribution in [0.4, 0.5) is 0 Å². The molecule has 0 bridgehead atoms. The van der Waals surface area contributed by atoms with E-state index in [-0.39, 0.29) is 0 Å². The Balaban J connectivity index is 1.66. The summed E-state index contributed by atoms with van der Waals surface area (Å²) in [6, 6.07) is 21.8. The molecule has 2 aromatic heterocycles. The van der Waals surface area contributed by atoms with E-state index in [0.717, 1.165) is 6.42 Å². The third-order valence-electron chi connectivity index (χ3n) is 4.19. The lowest BCUT2D eigenvalue weighted by Crippen LogP contribution is -1.88. The molecule has 0 aliphatic carbocycles.